The molecule has 0 aliphatic rings. The minimum atomic E-state index is -0.588. The van der Waals surface area contributed by atoms with Gasteiger partial charge in [0.1, 0.15) is 19.0 Å². The van der Waals surface area contributed by atoms with E-state index in [4.69, 9.17) is 18.9 Å². The van der Waals surface area contributed by atoms with Gasteiger partial charge in [-0.1, -0.05) is 12.1 Å². The topological polar surface area (TPSA) is 105 Å². The third-order valence-electron chi connectivity index (χ3n) is 3.88. The Bertz CT molecular complexity index is 945. The van der Waals surface area contributed by atoms with Crippen molar-refractivity contribution in [3.63, 3.8) is 0 Å². The average Bonchev–Trinajstić information content (AvgIpc) is 2.63. The van der Waals surface area contributed by atoms with Crippen LogP contribution in [0.4, 0.5) is 0 Å². The summed E-state index contributed by atoms with van der Waals surface area (Å²) in [7, 11) is 1.25. The third kappa shape index (κ3) is 4.85. The first-order valence-electron chi connectivity index (χ1n) is 8.35. The van der Waals surface area contributed by atoms with Gasteiger partial charge in [0, 0.05) is 31.9 Å². The summed E-state index contributed by atoms with van der Waals surface area (Å²) in [5.74, 6) is -1.91. The number of methoxy groups -OCH3 is 1. The molecule has 2 aromatic rings. The van der Waals surface area contributed by atoms with E-state index in [1.807, 2.05) is 0 Å². The number of benzene rings is 2. The molecule has 0 N–H and O–H groups in total. The van der Waals surface area contributed by atoms with E-state index in [0.717, 1.165) is 0 Å². The van der Waals surface area contributed by atoms with Gasteiger partial charge in [0.25, 0.3) is 0 Å². The van der Waals surface area contributed by atoms with Gasteiger partial charge in [-0.2, -0.15) is 0 Å². The number of carbonyl (C=O) groups is 4. The highest BCUT2D eigenvalue weighted by atomic mass is 16.5. The Labute approximate surface area is 161 Å². The standard InChI is InChI=1S/C20H20O8/c1-11(21)26-9-17-14-7-8-19(28-13(3)23)18(10-27-12(2)22)15(14)5-6-16(17)20(24)25-4/h5-8H,9-10H2,1-4H3. The fourth-order valence-corrected chi connectivity index (χ4v) is 2.71. The van der Waals surface area contributed by atoms with Gasteiger partial charge in [0.2, 0.25) is 0 Å². The number of hydrogen-bond acceptors (Lipinski definition) is 8. The van der Waals surface area contributed by atoms with Crippen LogP contribution in [0.15, 0.2) is 24.3 Å². The molecule has 0 saturated heterocycles. The fourth-order valence-electron chi connectivity index (χ4n) is 2.71. The molecule has 0 unspecified atom stereocenters. The summed E-state index contributed by atoms with van der Waals surface area (Å²) in [5, 5.41) is 1.15. The molecular formula is C20H20O8. The second-order valence-electron chi connectivity index (χ2n) is 5.87. The van der Waals surface area contributed by atoms with Gasteiger partial charge in [-0.25, -0.2) is 4.79 Å². The monoisotopic (exact) mass is 388 g/mol. The first-order valence-corrected chi connectivity index (χ1v) is 8.35. The highest BCUT2D eigenvalue weighted by Crippen LogP contribution is 2.33. The second-order valence-corrected chi connectivity index (χ2v) is 5.87. The molecule has 28 heavy (non-hydrogen) atoms. The lowest BCUT2D eigenvalue weighted by Gasteiger charge is -2.16. The molecule has 0 aliphatic heterocycles. The van der Waals surface area contributed by atoms with Crippen LogP contribution in [0.25, 0.3) is 10.8 Å². The normalized spacial score (nSPS) is 10.3. The molecule has 0 aromatic heterocycles. The second kappa shape index (κ2) is 8.98. The van der Waals surface area contributed by atoms with Crippen molar-refractivity contribution in [2.24, 2.45) is 0 Å². The van der Waals surface area contributed by atoms with Crippen molar-refractivity contribution in [3.8, 4) is 5.75 Å². The molecule has 2 rings (SSSR count). The summed E-state index contributed by atoms with van der Waals surface area (Å²) in [6.45, 7) is 3.48. The fraction of sp³-hybridized carbons (Fsp3) is 0.300. The zero-order valence-corrected chi connectivity index (χ0v) is 16.0. The number of esters is 4. The van der Waals surface area contributed by atoms with Crippen LogP contribution >= 0.6 is 0 Å². The lowest BCUT2D eigenvalue weighted by atomic mass is 9.95. The van der Waals surface area contributed by atoms with E-state index in [-0.39, 0.29) is 24.5 Å². The number of rotatable bonds is 6. The first kappa shape index (κ1) is 20.9. The molecule has 8 nitrogen and oxygen atoms in total. The summed E-state index contributed by atoms with van der Waals surface area (Å²) < 4.78 is 20.2. The van der Waals surface area contributed by atoms with Gasteiger partial charge >= 0.3 is 23.9 Å². The Morgan fingerprint density at radius 2 is 1.29 bits per heavy atom. The van der Waals surface area contributed by atoms with Crippen LogP contribution in [0.2, 0.25) is 0 Å². The molecule has 148 valence electrons. The highest BCUT2D eigenvalue weighted by molar-refractivity contribution is 6.00. The molecule has 0 amide bonds. The summed E-state index contributed by atoms with van der Waals surface area (Å²) in [6.07, 6.45) is 0. The van der Waals surface area contributed by atoms with E-state index in [0.29, 0.717) is 21.9 Å². The van der Waals surface area contributed by atoms with E-state index >= 15 is 0 Å². The van der Waals surface area contributed by atoms with Crippen LogP contribution in [0.1, 0.15) is 42.3 Å². The van der Waals surface area contributed by atoms with Crippen molar-refractivity contribution in [2.45, 2.75) is 34.0 Å². The van der Waals surface area contributed by atoms with E-state index in [1.54, 1.807) is 12.1 Å². The molecule has 0 saturated carbocycles. The van der Waals surface area contributed by atoms with Crippen molar-refractivity contribution in [2.75, 3.05) is 7.11 Å². The van der Waals surface area contributed by atoms with Crippen LogP contribution in [0.5, 0.6) is 5.75 Å². The largest absolute Gasteiger partial charge is 0.465 e. The predicted octanol–water partition coefficient (Wildman–Crippen LogP) is 2.68. The van der Waals surface area contributed by atoms with Crippen molar-refractivity contribution in [3.05, 3.63) is 41.0 Å². The minimum Gasteiger partial charge on any atom is -0.465 e. The summed E-state index contributed by atoms with van der Waals surface area (Å²) in [5.41, 5.74) is 1.11. The van der Waals surface area contributed by atoms with Crippen LogP contribution in [-0.2, 0) is 41.8 Å². The maximum absolute atomic E-state index is 12.1. The molecular weight excluding hydrogens is 368 g/mol. The van der Waals surface area contributed by atoms with E-state index in [1.165, 1.54) is 40.0 Å². The van der Waals surface area contributed by atoms with Crippen molar-refractivity contribution in [1.29, 1.82) is 0 Å². The maximum atomic E-state index is 12.1. The summed E-state index contributed by atoms with van der Waals surface area (Å²) in [6, 6.07) is 6.31. The van der Waals surface area contributed by atoms with Crippen molar-refractivity contribution >= 4 is 34.6 Å². The number of hydrogen-bond donors (Lipinski definition) is 0. The Hall–Kier alpha value is -3.42. The van der Waals surface area contributed by atoms with Gasteiger partial charge in [-0.3, -0.25) is 14.4 Å². The molecule has 0 radical (unpaired) electrons. The van der Waals surface area contributed by atoms with Gasteiger partial charge < -0.3 is 18.9 Å². The van der Waals surface area contributed by atoms with Crippen molar-refractivity contribution < 1.29 is 38.1 Å². The zero-order valence-electron chi connectivity index (χ0n) is 16.0. The van der Waals surface area contributed by atoms with Crippen LogP contribution in [0, 0.1) is 0 Å². The Morgan fingerprint density at radius 3 is 1.82 bits per heavy atom. The van der Waals surface area contributed by atoms with Gasteiger partial charge in [0.05, 0.1) is 12.7 Å². The third-order valence-corrected chi connectivity index (χ3v) is 3.88. The van der Waals surface area contributed by atoms with Gasteiger partial charge in [0.15, 0.2) is 0 Å². The Kier molecular flexibility index (Phi) is 6.70. The Morgan fingerprint density at radius 1 is 0.750 bits per heavy atom. The number of fused-ring (bicyclic) bond motifs is 1. The maximum Gasteiger partial charge on any atom is 0.338 e. The van der Waals surface area contributed by atoms with E-state index in [2.05, 4.69) is 0 Å². The predicted molar refractivity (Wildman–Crippen MR) is 97.5 cm³/mol. The molecule has 8 heteroatoms. The summed E-state index contributed by atoms with van der Waals surface area (Å²) in [4.78, 5) is 46.1. The van der Waals surface area contributed by atoms with Gasteiger partial charge in [-0.05, 0) is 22.9 Å². The molecule has 0 heterocycles. The smallest absolute Gasteiger partial charge is 0.338 e. The lowest BCUT2D eigenvalue weighted by Crippen LogP contribution is -2.11. The zero-order chi connectivity index (χ0) is 20.8. The molecule has 0 atom stereocenters. The molecule has 2 aromatic carbocycles. The van der Waals surface area contributed by atoms with Crippen LogP contribution < -0.4 is 4.74 Å². The van der Waals surface area contributed by atoms with E-state index < -0.39 is 23.9 Å². The quantitative estimate of drug-likeness (QED) is 0.422. The van der Waals surface area contributed by atoms with Crippen LogP contribution in [-0.4, -0.2) is 31.0 Å². The minimum absolute atomic E-state index is 0.139. The summed E-state index contributed by atoms with van der Waals surface area (Å²) >= 11 is 0. The van der Waals surface area contributed by atoms with Crippen molar-refractivity contribution in [1.82, 2.24) is 0 Å². The average molecular weight is 388 g/mol. The Balaban J connectivity index is 2.71. The molecule has 0 aliphatic carbocycles. The first-order chi connectivity index (χ1) is 13.2. The van der Waals surface area contributed by atoms with Crippen LogP contribution in [0.3, 0.4) is 0 Å². The van der Waals surface area contributed by atoms with E-state index in [9.17, 15) is 19.2 Å². The number of ether oxygens (including phenoxy) is 4. The lowest BCUT2D eigenvalue weighted by molar-refractivity contribution is -0.143. The SMILES string of the molecule is COC(=O)c1ccc2c(COC(C)=O)c(OC(C)=O)ccc2c1COC(C)=O. The highest BCUT2D eigenvalue weighted by Gasteiger charge is 2.20. The number of carbonyl (C=O) groups excluding carboxylic acids is 4. The molecule has 0 spiro atoms. The molecule has 0 fully saturated rings. The van der Waals surface area contributed by atoms with Gasteiger partial charge in [-0.15, -0.1) is 0 Å². The molecule has 0 bridgehead atoms.